The van der Waals surface area contributed by atoms with Crippen LogP contribution in [0.4, 0.5) is 0 Å². The van der Waals surface area contributed by atoms with Gasteiger partial charge in [-0.1, -0.05) is 159 Å². The molecule has 9 heteroatoms. The smallest absolute Gasteiger partial charge is 0.457 e. The lowest BCUT2D eigenvalue weighted by atomic mass is 10.1. The number of ether oxygens (including phenoxy) is 2. The number of hydrogen-bond donors (Lipinski definition) is 2. The molecular weight excluding hydrogens is 685 g/mol. The Morgan fingerprint density at radius 2 is 1.00 bits per heavy atom. The molecule has 0 aromatic heterocycles. The molecule has 0 saturated carbocycles. The number of carbonyl (C=O) groups is 1. The van der Waals surface area contributed by atoms with Gasteiger partial charge in [0.05, 0.1) is 19.8 Å². The minimum absolute atomic E-state index is 0.0978. The highest BCUT2D eigenvalue weighted by molar-refractivity contribution is 7.47. The molecule has 0 bridgehead atoms. The van der Waals surface area contributed by atoms with Crippen molar-refractivity contribution in [1.29, 1.82) is 0 Å². The number of allylic oxidation sites excluding steroid dienone is 6. The van der Waals surface area contributed by atoms with Gasteiger partial charge in [0.2, 0.25) is 0 Å². The van der Waals surface area contributed by atoms with Gasteiger partial charge in [0.25, 0.3) is 0 Å². The molecule has 0 aliphatic heterocycles. The molecule has 0 saturated heterocycles. The summed E-state index contributed by atoms with van der Waals surface area (Å²) in [5, 5.41) is 0. The first-order chi connectivity index (χ1) is 25.9. The molecule has 0 aliphatic carbocycles. The average molecular weight is 770 g/mol. The van der Waals surface area contributed by atoms with E-state index in [0.29, 0.717) is 13.0 Å². The zero-order valence-corrected chi connectivity index (χ0v) is 35.4. The first-order valence-corrected chi connectivity index (χ1v) is 23.5. The molecule has 312 valence electrons. The van der Waals surface area contributed by atoms with Gasteiger partial charge in [-0.25, -0.2) is 4.57 Å². The molecule has 3 N–H and O–H groups in total. The van der Waals surface area contributed by atoms with Crippen LogP contribution in [0.2, 0.25) is 0 Å². The summed E-state index contributed by atoms with van der Waals surface area (Å²) in [6.07, 6.45) is 47.3. The molecule has 2 unspecified atom stereocenters. The number of esters is 1. The summed E-state index contributed by atoms with van der Waals surface area (Å²) >= 11 is 0. The highest BCUT2D eigenvalue weighted by Crippen LogP contribution is 2.43. The third kappa shape index (κ3) is 41.7. The number of rotatable bonds is 42. The number of hydrogen-bond acceptors (Lipinski definition) is 7. The summed E-state index contributed by atoms with van der Waals surface area (Å²) in [6, 6.07) is 0. The molecule has 0 radical (unpaired) electrons. The lowest BCUT2D eigenvalue weighted by Gasteiger charge is -2.20. The molecular formula is C44H84NO7P. The van der Waals surface area contributed by atoms with Crippen molar-refractivity contribution in [3.05, 3.63) is 36.5 Å². The second kappa shape index (κ2) is 41.9. The molecule has 0 aromatic rings. The van der Waals surface area contributed by atoms with Crippen LogP contribution in [-0.4, -0.2) is 49.9 Å². The van der Waals surface area contributed by atoms with Gasteiger partial charge in [0, 0.05) is 19.6 Å². The average Bonchev–Trinajstić information content (AvgIpc) is 3.15. The predicted octanol–water partition coefficient (Wildman–Crippen LogP) is 13.0. The molecule has 0 spiro atoms. The van der Waals surface area contributed by atoms with E-state index in [2.05, 4.69) is 50.3 Å². The Labute approximate surface area is 327 Å². The minimum atomic E-state index is -4.28. The van der Waals surface area contributed by atoms with Crippen LogP contribution >= 0.6 is 7.82 Å². The van der Waals surface area contributed by atoms with E-state index in [9.17, 15) is 14.3 Å². The van der Waals surface area contributed by atoms with Crippen LogP contribution in [-0.2, 0) is 27.9 Å². The zero-order valence-electron chi connectivity index (χ0n) is 34.5. The summed E-state index contributed by atoms with van der Waals surface area (Å²) in [6.45, 7) is 4.89. The van der Waals surface area contributed by atoms with Gasteiger partial charge in [0.1, 0.15) is 6.10 Å². The Hall–Kier alpha value is -1.28. The van der Waals surface area contributed by atoms with Crippen LogP contribution in [0, 0.1) is 0 Å². The second-order valence-electron chi connectivity index (χ2n) is 14.6. The van der Waals surface area contributed by atoms with Crippen LogP contribution in [0.5, 0.6) is 0 Å². The largest absolute Gasteiger partial charge is 0.472 e. The van der Waals surface area contributed by atoms with Crippen molar-refractivity contribution in [2.24, 2.45) is 5.73 Å². The highest BCUT2D eigenvalue weighted by Gasteiger charge is 2.25. The highest BCUT2D eigenvalue weighted by atomic mass is 31.2. The van der Waals surface area contributed by atoms with Crippen molar-refractivity contribution in [2.75, 3.05) is 33.0 Å². The van der Waals surface area contributed by atoms with Crippen LogP contribution in [0.15, 0.2) is 36.5 Å². The quantitative estimate of drug-likeness (QED) is 0.0273. The monoisotopic (exact) mass is 770 g/mol. The van der Waals surface area contributed by atoms with Crippen molar-refractivity contribution in [3.63, 3.8) is 0 Å². The Kier molecular flexibility index (Phi) is 40.9. The fourth-order valence-electron chi connectivity index (χ4n) is 6.02. The fraction of sp³-hybridized carbons (Fsp3) is 0.841. The first kappa shape index (κ1) is 51.7. The van der Waals surface area contributed by atoms with Gasteiger partial charge < -0.3 is 20.1 Å². The Morgan fingerprint density at radius 3 is 1.51 bits per heavy atom. The van der Waals surface area contributed by atoms with Gasteiger partial charge in [0.15, 0.2) is 0 Å². The summed E-state index contributed by atoms with van der Waals surface area (Å²) in [5.41, 5.74) is 5.37. The Morgan fingerprint density at radius 1 is 0.566 bits per heavy atom. The summed E-state index contributed by atoms with van der Waals surface area (Å²) in [7, 11) is -4.28. The molecule has 0 rings (SSSR count). The van der Waals surface area contributed by atoms with Crippen LogP contribution in [0.3, 0.4) is 0 Å². The van der Waals surface area contributed by atoms with E-state index in [1.165, 1.54) is 135 Å². The maximum atomic E-state index is 12.6. The normalized spacial score (nSPS) is 13.8. The maximum Gasteiger partial charge on any atom is 0.472 e. The second-order valence-corrected chi connectivity index (χ2v) is 16.0. The number of carbonyl (C=O) groups excluding carboxylic acids is 1. The van der Waals surface area contributed by atoms with E-state index in [0.717, 1.165) is 44.9 Å². The van der Waals surface area contributed by atoms with Crippen LogP contribution < -0.4 is 5.73 Å². The van der Waals surface area contributed by atoms with Crippen molar-refractivity contribution < 1.29 is 32.8 Å². The summed E-state index contributed by atoms with van der Waals surface area (Å²) in [4.78, 5) is 22.5. The molecule has 0 aliphatic rings. The Bertz CT molecular complexity index is 910. The van der Waals surface area contributed by atoms with Crippen molar-refractivity contribution >= 4 is 13.8 Å². The standard InChI is InChI=1S/C44H84NO7P/c1-3-5-7-9-11-13-15-17-19-21-22-23-25-27-29-31-33-35-37-44(46)52-43(42-51-53(47,48)50-40-38-45)41-49-39-36-34-32-30-28-26-24-20-18-16-14-12-10-8-6-4-2/h13,15,18-21,43H,3-12,14,16-17,22-42,45H2,1-2H3,(H,47,48)/b15-13-,20-18-,21-19-. The van der Waals surface area contributed by atoms with Crippen molar-refractivity contribution in [1.82, 2.24) is 0 Å². The third-order valence-corrected chi connectivity index (χ3v) is 10.3. The summed E-state index contributed by atoms with van der Waals surface area (Å²) in [5.74, 6) is -0.340. The topological polar surface area (TPSA) is 117 Å². The van der Waals surface area contributed by atoms with Crippen LogP contribution in [0.25, 0.3) is 0 Å². The predicted molar refractivity (Wildman–Crippen MR) is 224 cm³/mol. The fourth-order valence-corrected chi connectivity index (χ4v) is 6.79. The van der Waals surface area contributed by atoms with E-state index in [1.54, 1.807) is 0 Å². The van der Waals surface area contributed by atoms with Crippen molar-refractivity contribution in [2.45, 2.75) is 206 Å². The van der Waals surface area contributed by atoms with E-state index < -0.39 is 13.9 Å². The molecule has 8 nitrogen and oxygen atoms in total. The van der Waals surface area contributed by atoms with Gasteiger partial charge >= 0.3 is 13.8 Å². The summed E-state index contributed by atoms with van der Waals surface area (Å²) < 4.78 is 33.4. The van der Waals surface area contributed by atoms with Gasteiger partial charge in [-0.3, -0.25) is 13.8 Å². The maximum absolute atomic E-state index is 12.6. The third-order valence-electron chi connectivity index (χ3n) is 9.28. The lowest BCUT2D eigenvalue weighted by molar-refractivity contribution is -0.154. The Balaban J connectivity index is 4.05. The molecule has 2 atom stereocenters. The number of phosphoric acid groups is 1. The zero-order chi connectivity index (χ0) is 38.8. The van der Waals surface area contributed by atoms with Crippen molar-refractivity contribution in [3.8, 4) is 0 Å². The van der Waals surface area contributed by atoms with E-state index in [1.807, 2.05) is 0 Å². The van der Waals surface area contributed by atoms with Gasteiger partial charge in [-0.05, 0) is 70.6 Å². The molecule has 0 heterocycles. The van der Waals surface area contributed by atoms with Gasteiger partial charge in [-0.15, -0.1) is 0 Å². The SMILES string of the molecule is CCCCCC/C=C\C/C=C\CCCCCCCCCC(=O)OC(COCCCCCCCC/C=C\CCCCCCCC)COP(=O)(O)OCCN. The molecule has 0 aromatic carbocycles. The lowest BCUT2D eigenvalue weighted by Crippen LogP contribution is -2.28. The minimum Gasteiger partial charge on any atom is -0.457 e. The first-order valence-electron chi connectivity index (χ1n) is 22.0. The molecule has 0 amide bonds. The van der Waals surface area contributed by atoms with Gasteiger partial charge in [-0.2, -0.15) is 0 Å². The van der Waals surface area contributed by atoms with Crippen LogP contribution in [0.1, 0.15) is 200 Å². The number of phosphoric ester groups is 1. The van der Waals surface area contributed by atoms with E-state index >= 15 is 0 Å². The molecule has 53 heavy (non-hydrogen) atoms. The number of unbranched alkanes of at least 4 members (excludes halogenated alkanes) is 23. The van der Waals surface area contributed by atoms with E-state index in [4.69, 9.17) is 24.3 Å². The number of nitrogens with two attached hydrogens (primary N) is 1. The molecule has 0 fully saturated rings. The van der Waals surface area contributed by atoms with E-state index in [-0.39, 0.29) is 32.3 Å².